The number of alkyl halides is 1. The number of nitrogens with zero attached hydrogens (tertiary/aromatic N) is 2. The average Bonchev–Trinajstić information content (AvgIpc) is 2.04. The summed E-state index contributed by atoms with van der Waals surface area (Å²) in [6, 6.07) is 3.54. The Labute approximate surface area is 73.5 Å². The zero-order valence-corrected chi connectivity index (χ0v) is 7.45. The first-order valence-corrected chi connectivity index (χ1v) is 4.27. The first kappa shape index (κ1) is 8.20. The van der Waals surface area contributed by atoms with Crippen molar-refractivity contribution in [2.24, 2.45) is 0 Å². The van der Waals surface area contributed by atoms with Crippen molar-refractivity contribution in [2.45, 2.75) is 0 Å². The van der Waals surface area contributed by atoms with Gasteiger partial charge in [-0.1, -0.05) is 22.0 Å². The number of anilines is 1. The fourth-order valence-corrected chi connectivity index (χ4v) is 0.794. The van der Waals surface area contributed by atoms with Crippen LogP contribution in [-0.4, -0.2) is 15.5 Å². The third-order valence-corrected chi connectivity index (χ3v) is 1.46. The molecule has 0 aliphatic heterocycles. The minimum atomic E-state index is 0.445. The highest BCUT2D eigenvalue weighted by Gasteiger charge is 1.87. The molecule has 0 spiro atoms. The Bertz CT molecular complexity index is 242. The van der Waals surface area contributed by atoms with E-state index in [9.17, 15) is 0 Å². The van der Waals surface area contributed by atoms with Crippen molar-refractivity contribution >= 4 is 27.8 Å². The third-order valence-electron chi connectivity index (χ3n) is 1.08. The van der Waals surface area contributed by atoms with E-state index in [1.807, 2.05) is 18.2 Å². The summed E-state index contributed by atoms with van der Waals surface area (Å²) < 4.78 is 0. The summed E-state index contributed by atoms with van der Waals surface area (Å²) >= 11 is 3.26. The summed E-state index contributed by atoms with van der Waals surface area (Å²) in [5.41, 5.74) is 6.17. The number of hydrogen-bond donors (Lipinski definition) is 1. The lowest BCUT2D eigenvalue weighted by Gasteiger charge is -1.90. The van der Waals surface area contributed by atoms with Crippen LogP contribution in [0.3, 0.4) is 0 Å². The molecule has 0 aliphatic carbocycles. The molecule has 0 amide bonds. The van der Waals surface area contributed by atoms with E-state index in [0.717, 1.165) is 11.0 Å². The van der Waals surface area contributed by atoms with E-state index in [0.29, 0.717) is 5.82 Å². The summed E-state index contributed by atoms with van der Waals surface area (Å²) in [5.74, 6) is 0.445. The molecule has 1 aromatic heterocycles. The molecule has 0 unspecified atom stereocenters. The number of nitrogen functional groups attached to an aromatic ring is 1. The summed E-state index contributed by atoms with van der Waals surface area (Å²) in [6.07, 6.45) is 3.82. The first-order chi connectivity index (χ1) is 5.33. The number of nitrogens with two attached hydrogens (primary N) is 1. The summed E-state index contributed by atoms with van der Waals surface area (Å²) in [7, 11) is 0. The minimum Gasteiger partial charge on any atom is -0.382 e. The van der Waals surface area contributed by atoms with Crippen molar-refractivity contribution in [3.63, 3.8) is 0 Å². The Kier molecular flexibility index (Phi) is 3.04. The monoisotopic (exact) mass is 213 g/mol. The topological polar surface area (TPSA) is 51.8 Å². The molecule has 2 N–H and O–H groups in total. The zero-order valence-electron chi connectivity index (χ0n) is 5.87. The van der Waals surface area contributed by atoms with Crippen molar-refractivity contribution in [3.8, 4) is 0 Å². The Morgan fingerprint density at radius 3 is 2.82 bits per heavy atom. The van der Waals surface area contributed by atoms with E-state index in [1.165, 1.54) is 0 Å². The van der Waals surface area contributed by atoms with Gasteiger partial charge in [0.2, 0.25) is 0 Å². The number of rotatable bonds is 2. The minimum absolute atomic E-state index is 0.445. The predicted octanol–water partition coefficient (Wildman–Crippen LogP) is 1.47. The Morgan fingerprint density at radius 2 is 2.27 bits per heavy atom. The molecule has 0 aromatic carbocycles. The van der Waals surface area contributed by atoms with Crippen LogP contribution in [0, 0.1) is 0 Å². The van der Waals surface area contributed by atoms with Gasteiger partial charge in [-0.2, -0.15) is 0 Å². The summed E-state index contributed by atoms with van der Waals surface area (Å²) in [6.45, 7) is 0. The average molecular weight is 214 g/mol. The number of halogens is 1. The van der Waals surface area contributed by atoms with Gasteiger partial charge in [-0.15, -0.1) is 10.2 Å². The SMILES string of the molecule is Nc1ccc(C=CCBr)nn1. The normalized spacial score (nSPS) is 10.6. The molecule has 0 bridgehead atoms. The van der Waals surface area contributed by atoms with Crippen LogP contribution in [0.5, 0.6) is 0 Å². The van der Waals surface area contributed by atoms with Crippen molar-refractivity contribution in [2.75, 3.05) is 11.1 Å². The standard InChI is InChI=1S/C7H8BrN3/c8-5-1-2-6-3-4-7(9)11-10-6/h1-4H,5H2,(H2,9,11). The quantitative estimate of drug-likeness (QED) is 0.758. The number of hydrogen-bond acceptors (Lipinski definition) is 3. The van der Waals surface area contributed by atoms with E-state index in [-0.39, 0.29) is 0 Å². The van der Waals surface area contributed by atoms with E-state index in [2.05, 4.69) is 26.1 Å². The molecule has 0 saturated heterocycles. The molecule has 1 aromatic rings. The molecule has 1 rings (SSSR count). The van der Waals surface area contributed by atoms with Gasteiger partial charge in [0.05, 0.1) is 5.69 Å². The van der Waals surface area contributed by atoms with Crippen LogP contribution in [0.2, 0.25) is 0 Å². The third kappa shape index (κ3) is 2.67. The van der Waals surface area contributed by atoms with Crippen LogP contribution in [0.1, 0.15) is 5.69 Å². The highest BCUT2D eigenvalue weighted by atomic mass is 79.9. The predicted molar refractivity (Wildman–Crippen MR) is 49.3 cm³/mol. The molecular formula is C7H8BrN3. The summed E-state index contributed by atoms with van der Waals surface area (Å²) in [5, 5.41) is 8.34. The number of aromatic nitrogens is 2. The molecule has 0 radical (unpaired) electrons. The Hall–Kier alpha value is -0.900. The van der Waals surface area contributed by atoms with Crippen LogP contribution in [0.4, 0.5) is 5.82 Å². The second-order valence-electron chi connectivity index (χ2n) is 1.94. The van der Waals surface area contributed by atoms with Gasteiger partial charge in [-0.3, -0.25) is 0 Å². The molecule has 11 heavy (non-hydrogen) atoms. The van der Waals surface area contributed by atoms with Gasteiger partial charge in [0.1, 0.15) is 5.82 Å². The largest absolute Gasteiger partial charge is 0.382 e. The van der Waals surface area contributed by atoms with Gasteiger partial charge >= 0.3 is 0 Å². The van der Waals surface area contributed by atoms with E-state index < -0.39 is 0 Å². The molecule has 0 atom stereocenters. The van der Waals surface area contributed by atoms with Gasteiger partial charge in [-0.25, -0.2) is 0 Å². The van der Waals surface area contributed by atoms with Crippen LogP contribution >= 0.6 is 15.9 Å². The highest BCUT2D eigenvalue weighted by molar-refractivity contribution is 9.09. The van der Waals surface area contributed by atoms with Crippen molar-refractivity contribution < 1.29 is 0 Å². The van der Waals surface area contributed by atoms with Crippen LogP contribution in [-0.2, 0) is 0 Å². The number of allylic oxidation sites excluding steroid dienone is 1. The highest BCUT2D eigenvalue weighted by Crippen LogP contribution is 1.99. The van der Waals surface area contributed by atoms with Gasteiger partial charge in [0.15, 0.2) is 0 Å². The van der Waals surface area contributed by atoms with E-state index in [4.69, 9.17) is 5.73 Å². The molecule has 3 nitrogen and oxygen atoms in total. The molecule has 1 heterocycles. The first-order valence-electron chi connectivity index (χ1n) is 3.14. The molecule has 0 aliphatic rings. The molecule has 0 saturated carbocycles. The van der Waals surface area contributed by atoms with Gasteiger partial charge in [0, 0.05) is 5.33 Å². The van der Waals surface area contributed by atoms with Crippen LogP contribution in [0.25, 0.3) is 6.08 Å². The van der Waals surface area contributed by atoms with Crippen molar-refractivity contribution in [1.29, 1.82) is 0 Å². The van der Waals surface area contributed by atoms with E-state index >= 15 is 0 Å². The molecule has 4 heteroatoms. The fraction of sp³-hybridized carbons (Fsp3) is 0.143. The Morgan fingerprint density at radius 1 is 1.45 bits per heavy atom. The maximum Gasteiger partial charge on any atom is 0.146 e. The Balaban J connectivity index is 2.73. The lowest BCUT2D eigenvalue weighted by atomic mass is 10.3. The maximum atomic E-state index is 5.35. The maximum absolute atomic E-state index is 5.35. The second-order valence-corrected chi connectivity index (χ2v) is 2.59. The fourth-order valence-electron chi connectivity index (χ4n) is 0.607. The van der Waals surface area contributed by atoms with E-state index in [1.54, 1.807) is 6.07 Å². The van der Waals surface area contributed by atoms with Crippen molar-refractivity contribution in [1.82, 2.24) is 10.2 Å². The van der Waals surface area contributed by atoms with Crippen LogP contribution < -0.4 is 5.73 Å². The lowest BCUT2D eigenvalue weighted by molar-refractivity contribution is 1.03. The summed E-state index contributed by atoms with van der Waals surface area (Å²) in [4.78, 5) is 0. The zero-order chi connectivity index (χ0) is 8.10. The molecule has 0 fully saturated rings. The molecule has 58 valence electrons. The smallest absolute Gasteiger partial charge is 0.146 e. The van der Waals surface area contributed by atoms with Gasteiger partial charge < -0.3 is 5.73 Å². The molecular weight excluding hydrogens is 206 g/mol. The van der Waals surface area contributed by atoms with Gasteiger partial charge in [0.25, 0.3) is 0 Å². The lowest BCUT2D eigenvalue weighted by Crippen LogP contribution is -1.92. The van der Waals surface area contributed by atoms with Gasteiger partial charge in [-0.05, 0) is 18.2 Å². The van der Waals surface area contributed by atoms with Crippen LogP contribution in [0.15, 0.2) is 18.2 Å². The van der Waals surface area contributed by atoms with Crippen molar-refractivity contribution in [3.05, 3.63) is 23.9 Å². The second kappa shape index (κ2) is 4.08.